The smallest absolute Gasteiger partial charge is 0.247 e. The lowest BCUT2D eigenvalue weighted by molar-refractivity contribution is -0.134. The zero-order chi connectivity index (χ0) is 20.2. The van der Waals surface area contributed by atoms with Crippen molar-refractivity contribution >= 4 is 44.1 Å². The zero-order valence-electron chi connectivity index (χ0n) is 15.5. The van der Waals surface area contributed by atoms with Crippen LogP contribution in [-0.2, 0) is 21.2 Å². The molecule has 2 fully saturated rings. The molecule has 0 bridgehead atoms. The van der Waals surface area contributed by atoms with Crippen LogP contribution < -0.4 is 10.0 Å². The van der Waals surface area contributed by atoms with Gasteiger partial charge in [-0.25, -0.2) is 23.5 Å². The summed E-state index contributed by atoms with van der Waals surface area (Å²) < 4.78 is 23.0. The molecule has 152 valence electrons. The van der Waals surface area contributed by atoms with Crippen LogP contribution in [0.4, 0.5) is 5.82 Å². The molecule has 2 aliphatic rings. The van der Waals surface area contributed by atoms with E-state index in [1.54, 1.807) is 12.4 Å². The van der Waals surface area contributed by atoms with Crippen LogP contribution in [-0.4, -0.2) is 59.4 Å². The van der Waals surface area contributed by atoms with Crippen LogP contribution in [0, 0.1) is 0 Å². The van der Waals surface area contributed by atoms with Crippen molar-refractivity contribution in [1.82, 2.24) is 19.9 Å². The van der Waals surface area contributed by atoms with Gasteiger partial charge in [0.05, 0.1) is 17.3 Å². The number of primary sulfonamides is 1. The number of aromatic nitrogens is 3. The van der Waals surface area contributed by atoms with Crippen molar-refractivity contribution in [3.63, 3.8) is 0 Å². The van der Waals surface area contributed by atoms with Crippen LogP contribution in [0.3, 0.4) is 0 Å². The minimum absolute atomic E-state index is 0.0273. The third-order valence-electron chi connectivity index (χ3n) is 5.65. The summed E-state index contributed by atoms with van der Waals surface area (Å²) in [6, 6.07) is 5.11. The van der Waals surface area contributed by atoms with Crippen molar-refractivity contribution < 1.29 is 13.2 Å². The molecule has 1 spiro atoms. The largest absolute Gasteiger partial charge is 0.352 e. The van der Waals surface area contributed by atoms with Gasteiger partial charge in [-0.3, -0.25) is 4.79 Å². The second kappa shape index (κ2) is 6.51. The maximum atomic E-state index is 13.0. The van der Waals surface area contributed by atoms with Crippen LogP contribution in [0.5, 0.6) is 0 Å². The molecule has 29 heavy (non-hydrogen) atoms. The van der Waals surface area contributed by atoms with Gasteiger partial charge >= 0.3 is 0 Å². The number of carbonyl (C=O) groups excluding carboxylic acids is 1. The van der Waals surface area contributed by atoms with Crippen molar-refractivity contribution in [1.29, 1.82) is 0 Å². The molecule has 1 aliphatic heterocycles. The highest BCUT2D eigenvalue weighted by Crippen LogP contribution is 2.45. The summed E-state index contributed by atoms with van der Waals surface area (Å²) in [6.45, 7) is 2.04. The van der Waals surface area contributed by atoms with E-state index in [1.807, 2.05) is 17.2 Å². The molecule has 1 amide bonds. The molecule has 1 saturated heterocycles. The Balaban J connectivity index is 1.33. The van der Waals surface area contributed by atoms with Crippen molar-refractivity contribution in [3.05, 3.63) is 35.6 Å². The molecule has 0 radical (unpaired) electrons. The fourth-order valence-corrected chi connectivity index (χ4v) is 5.85. The van der Waals surface area contributed by atoms with E-state index >= 15 is 0 Å². The highest BCUT2D eigenvalue weighted by atomic mass is 32.2. The van der Waals surface area contributed by atoms with Gasteiger partial charge in [-0.05, 0) is 31.0 Å². The Kier molecular flexibility index (Phi) is 4.16. The third-order valence-corrected chi connectivity index (χ3v) is 8.18. The lowest BCUT2D eigenvalue weighted by atomic mass is 10.1. The number of thiophene rings is 1. The molecule has 1 saturated carbocycles. The van der Waals surface area contributed by atoms with Crippen LogP contribution in [0.2, 0.25) is 0 Å². The summed E-state index contributed by atoms with van der Waals surface area (Å²) >= 11 is 1.06. The highest BCUT2D eigenvalue weighted by molar-refractivity contribution is 7.91. The molecule has 3 N–H and O–H groups in total. The monoisotopic (exact) mass is 432 g/mol. The summed E-state index contributed by atoms with van der Waals surface area (Å²) in [7, 11) is -3.73. The van der Waals surface area contributed by atoms with Crippen molar-refractivity contribution in [2.75, 3.05) is 24.5 Å². The molecule has 4 heterocycles. The van der Waals surface area contributed by atoms with Crippen LogP contribution in [0.1, 0.15) is 17.7 Å². The van der Waals surface area contributed by atoms with Crippen molar-refractivity contribution in [2.24, 2.45) is 5.14 Å². The summed E-state index contributed by atoms with van der Waals surface area (Å²) in [6.07, 6.45) is 5.53. The third kappa shape index (κ3) is 3.28. The Morgan fingerprint density at radius 1 is 1.24 bits per heavy atom. The fourth-order valence-electron chi connectivity index (χ4n) is 4.08. The van der Waals surface area contributed by atoms with Gasteiger partial charge in [0.25, 0.3) is 0 Å². The zero-order valence-corrected chi connectivity index (χ0v) is 17.2. The molecular formula is C18H20N6O3S2. The molecule has 1 aliphatic carbocycles. The molecule has 5 rings (SSSR count). The van der Waals surface area contributed by atoms with Crippen molar-refractivity contribution in [2.45, 2.75) is 29.0 Å². The number of nitrogens with zero attached hydrogens (tertiary/aromatic N) is 4. The van der Waals surface area contributed by atoms with Crippen molar-refractivity contribution in [3.8, 4) is 0 Å². The van der Waals surface area contributed by atoms with Crippen LogP contribution in [0.25, 0.3) is 11.0 Å². The molecule has 3 aromatic heterocycles. The molecule has 3 aromatic rings. The van der Waals surface area contributed by atoms with Crippen LogP contribution in [0.15, 0.2) is 34.9 Å². The van der Waals surface area contributed by atoms with E-state index < -0.39 is 10.0 Å². The van der Waals surface area contributed by atoms with E-state index in [-0.39, 0.29) is 22.1 Å². The van der Waals surface area contributed by atoms with E-state index in [2.05, 4.69) is 19.9 Å². The number of rotatable bonds is 4. The molecule has 0 aromatic carbocycles. The van der Waals surface area contributed by atoms with Gasteiger partial charge in [-0.15, -0.1) is 11.3 Å². The first-order valence-corrected chi connectivity index (χ1v) is 11.7. The number of sulfonamides is 1. The maximum Gasteiger partial charge on any atom is 0.247 e. The molecule has 11 heteroatoms. The first-order chi connectivity index (χ1) is 13.9. The first-order valence-electron chi connectivity index (χ1n) is 9.31. The van der Waals surface area contributed by atoms with Gasteiger partial charge in [0.2, 0.25) is 15.9 Å². The Bertz CT molecular complexity index is 1200. The minimum atomic E-state index is -3.73. The number of anilines is 1. The average Bonchev–Trinajstić information content (AvgIpc) is 3.10. The van der Waals surface area contributed by atoms with Crippen LogP contribution >= 0.6 is 11.3 Å². The van der Waals surface area contributed by atoms with Gasteiger partial charge in [0, 0.05) is 30.7 Å². The lowest BCUT2D eigenvalue weighted by Crippen LogP contribution is -2.57. The second-order valence-corrected chi connectivity index (χ2v) is 10.5. The summed E-state index contributed by atoms with van der Waals surface area (Å²) in [5, 5.41) is 6.15. The second-order valence-electron chi connectivity index (χ2n) is 7.57. The number of amides is 1. The SMILES string of the molecule is NS(=O)(=O)c1ccc(CC(=O)N2CCN(c3ncnc4[nH]ccc34)CC23CC3)s1. The van der Waals surface area contributed by atoms with Gasteiger partial charge in [0.15, 0.2) is 0 Å². The first kappa shape index (κ1) is 18.5. The number of fused-ring (bicyclic) bond motifs is 1. The van der Waals surface area contributed by atoms with Gasteiger partial charge in [-0.2, -0.15) is 0 Å². The molecule has 9 nitrogen and oxygen atoms in total. The predicted molar refractivity (Wildman–Crippen MR) is 109 cm³/mol. The summed E-state index contributed by atoms with van der Waals surface area (Å²) in [5.74, 6) is 0.921. The molecule has 0 unspecified atom stereocenters. The van der Waals surface area contributed by atoms with E-state index in [4.69, 9.17) is 5.14 Å². The number of hydrogen-bond donors (Lipinski definition) is 2. The number of piperazine rings is 1. The Labute approximate surface area is 171 Å². The van der Waals surface area contributed by atoms with Gasteiger partial charge in [-0.1, -0.05) is 0 Å². The Morgan fingerprint density at radius 3 is 2.79 bits per heavy atom. The predicted octanol–water partition coefficient (Wildman–Crippen LogP) is 1.09. The molecule has 0 atom stereocenters. The number of carbonyl (C=O) groups is 1. The number of aromatic amines is 1. The molecular weight excluding hydrogens is 412 g/mol. The van der Waals surface area contributed by atoms with E-state index in [0.717, 1.165) is 47.6 Å². The Morgan fingerprint density at radius 2 is 2.07 bits per heavy atom. The van der Waals surface area contributed by atoms with Gasteiger partial charge < -0.3 is 14.8 Å². The Hall–Kier alpha value is -2.50. The summed E-state index contributed by atoms with van der Waals surface area (Å²) in [4.78, 5) is 29.8. The minimum Gasteiger partial charge on any atom is -0.352 e. The standard InChI is InChI=1S/C18H20N6O3S2/c19-29(26,27)15-2-1-12(28-15)9-14(25)24-8-7-23(10-18(24)4-5-18)17-13-3-6-20-16(13)21-11-22-17/h1-3,6,11H,4-5,7-10H2,(H2,19,26,27)(H,20,21,22). The maximum absolute atomic E-state index is 13.0. The number of hydrogen-bond acceptors (Lipinski definition) is 7. The number of nitrogens with two attached hydrogens (primary N) is 1. The number of H-pyrrole nitrogens is 1. The number of nitrogens with one attached hydrogen (secondary N) is 1. The van der Waals surface area contributed by atoms with Gasteiger partial charge in [0.1, 0.15) is 22.0 Å². The average molecular weight is 433 g/mol. The van der Waals surface area contributed by atoms with E-state index in [0.29, 0.717) is 18.0 Å². The highest BCUT2D eigenvalue weighted by Gasteiger charge is 2.53. The quantitative estimate of drug-likeness (QED) is 0.636. The van der Waals surface area contributed by atoms with E-state index in [1.165, 1.54) is 6.07 Å². The fraction of sp³-hybridized carbons (Fsp3) is 0.389. The summed E-state index contributed by atoms with van der Waals surface area (Å²) in [5.41, 5.74) is 0.643. The van der Waals surface area contributed by atoms with E-state index in [9.17, 15) is 13.2 Å². The topological polar surface area (TPSA) is 125 Å². The lowest BCUT2D eigenvalue weighted by Gasteiger charge is -2.43. The normalized spacial score (nSPS) is 18.5.